The molecule has 0 saturated heterocycles. The van der Waals surface area contributed by atoms with Crippen molar-refractivity contribution in [3.63, 3.8) is 0 Å². The third-order valence-corrected chi connectivity index (χ3v) is 2.38. The molecular formula is C10H10S. The predicted molar refractivity (Wildman–Crippen MR) is 51.5 cm³/mol. The lowest BCUT2D eigenvalue weighted by Crippen LogP contribution is -2.03. The lowest BCUT2D eigenvalue weighted by Gasteiger charge is -2.18. The zero-order chi connectivity index (χ0) is 7.68. The van der Waals surface area contributed by atoms with Crippen molar-refractivity contribution in [2.24, 2.45) is 5.92 Å². The summed E-state index contributed by atoms with van der Waals surface area (Å²) in [5, 5.41) is 0. The van der Waals surface area contributed by atoms with E-state index in [4.69, 9.17) is 0 Å². The third-order valence-electron chi connectivity index (χ3n) is 2.07. The van der Waals surface area contributed by atoms with Gasteiger partial charge in [0.2, 0.25) is 0 Å². The number of allylic oxidation sites excluding steroid dienone is 7. The molecule has 0 saturated carbocycles. The van der Waals surface area contributed by atoms with E-state index >= 15 is 0 Å². The van der Waals surface area contributed by atoms with Crippen LogP contribution in [0.4, 0.5) is 0 Å². The normalized spacial score (nSPS) is 27.5. The van der Waals surface area contributed by atoms with Crippen molar-refractivity contribution >= 4 is 12.6 Å². The Morgan fingerprint density at radius 2 is 2.27 bits per heavy atom. The second-order valence-corrected chi connectivity index (χ2v) is 3.38. The Morgan fingerprint density at radius 3 is 3.18 bits per heavy atom. The van der Waals surface area contributed by atoms with Crippen LogP contribution in [0.5, 0.6) is 0 Å². The minimum absolute atomic E-state index is 0.607. The van der Waals surface area contributed by atoms with E-state index < -0.39 is 0 Å². The van der Waals surface area contributed by atoms with Crippen molar-refractivity contribution in [3.8, 4) is 0 Å². The highest BCUT2D eigenvalue weighted by atomic mass is 32.1. The van der Waals surface area contributed by atoms with Crippen LogP contribution in [0.25, 0.3) is 0 Å². The van der Waals surface area contributed by atoms with Crippen LogP contribution in [0.1, 0.15) is 6.42 Å². The number of hydrogen-bond acceptors (Lipinski definition) is 1. The molecule has 2 aliphatic rings. The molecule has 0 bridgehead atoms. The fourth-order valence-corrected chi connectivity index (χ4v) is 1.70. The van der Waals surface area contributed by atoms with Crippen LogP contribution in [-0.4, -0.2) is 0 Å². The van der Waals surface area contributed by atoms with Gasteiger partial charge in [-0.2, -0.15) is 0 Å². The van der Waals surface area contributed by atoms with Crippen LogP contribution >= 0.6 is 12.6 Å². The van der Waals surface area contributed by atoms with Crippen LogP contribution in [0.2, 0.25) is 0 Å². The van der Waals surface area contributed by atoms with E-state index in [9.17, 15) is 0 Å². The first-order chi connectivity index (χ1) is 5.36. The molecule has 56 valence electrons. The van der Waals surface area contributed by atoms with Gasteiger partial charge in [-0.1, -0.05) is 30.4 Å². The molecule has 0 aromatic rings. The van der Waals surface area contributed by atoms with E-state index in [-0.39, 0.29) is 0 Å². The van der Waals surface area contributed by atoms with E-state index in [0.717, 1.165) is 11.3 Å². The van der Waals surface area contributed by atoms with Crippen molar-refractivity contribution in [1.29, 1.82) is 0 Å². The fraction of sp³-hybridized carbons (Fsp3) is 0.200. The molecule has 1 unspecified atom stereocenters. The molecule has 0 spiro atoms. The first-order valence-corrected chi connectivity index (χ1v) is 4.26. The maximum atomic E-state index is 4.30. The van der Waals surface area contributed by atoms with E-state index in [1.807, 2.05) is 0 Å². The van der Waals surface area contributed by atoms with Crippen molar-refractivity contribution in [2.75, 3.05) is 0 Å². The monoisotopic (exact) mass is 162 g/mol. The summed E-state index contributed by atoms with van der Waals surface area (Å²) >= 11 is 4.30. The highest BCUT2D eigenvalue weighted by Crippen LogP contribution is 2.29. The first kappa shape index (κ1) is 6.99. The Bertz CT molecular complexity index is 279. The van der Waals surface area contributed by atoms with Crippen LogP contribution in [0.15, 0.2) is 46.9 Å². The van der Waals surface area contributed by atoms with Gasteiger partial charge in [-0.3, -0.25) is 0 Å². The molecule has 0 radical (unpaired) electrons. The smallest absolute Gasteiger partial charge is 0.00565 e. The Labute approximate surface area is 72.4 Å². The molecule has 2 rings (SSSR count). The number of rotatable bonds is 0. The summed E-state index contributed by atoms with van der Waals surface area (Å²) in [6.45, 7) is 0. The molecule has 0 aliphatic heterocycles. The van der Waals surface area contributed by atoms with Crippen LogP contribution in [-0.2, 0) is 0 Å². The van der Waals surface area contributed by atoms with Crippen LogP contribution in [0, 0.1) is 5.92 Å². The van der Waals surface area contributed by atoms with Gasteiger partial charge in [-0.25, -0.2) is 0 Å². The summed E-state index contributed by atoms with van der Waals surface area (Å²) in [4.78, 5) is 1.09. The van der Waals surface area contributed by atoms with Crippen LogP contribution < -0.4 is 0 Å². The summed E-state index contributed by atoms with van der Waals surface area (Å²) < 4.78 is 0. The summed E-state index contributed by atoms with van der Waals surface area (Å²) in [6.07, 6.45) is 14.0. The lowest BCUT2D eigenvalue weighted by molar-refractivity contribution is 0.778. The third kappa shape index (κ3) is 1.33. The number of fused-ring (bicyclic) bond motifs is 1. The molecule has 0 aromatic carbocycles. The van der Waals surface area contributed by atoms with E-state index in [0.29, 0.717) is 5.92 Å². The highest BCUT2D eigenvalue weighted by molar-refractivity contribution is 7.84. The molecule has 11 heavy (non-hydrogen) atoms. The molecule has 1 heteroatoms. The molecule has 0 heterocycles. The molecule has 0 aromatic heterocycles. The lowest BCUT2D eigenvalue weighted by atomic mass is 9.88. The zero-order valence-electron chi connectivity index (χ0n) is 6.20. The van der Waals surface area contributed by atoms with Gasteiger partial charge < -0.3 is 0 Å². The van der Waals surface area contributed by atoms with Crippen molar-refractivity contribution in [3.05, 3.63) is 46.9 Å². The minimum Gasteiger partial charge on any atom is -0.144 e. The number of hydrogen-bond donors (Lipinski definition) is 1. The molecular weight excluding hydrogens is 152 g/mol. The van der Waals surface area contributed by atoms with Crippen LogP contribution in [0.3, 0.4) is 0 Å². The Morgan fingerprint density at radius 1 is 1.36 bits per heavy atom. The van der Waals surface area contributed by atoms with E-state index in [2.05, 4.69) is 49.1 Å². The largest absolute Gasteiger partial charge is 0.144 e. The van der Waals surface area contributed by atoms with Gasteiger partial charge in [0.05, 0.1) is 0 Å². The van der Waals surface area contributed by atoms with E-state index in [1.54, 1.807) is 0 Å². The van der Waals surface area contributed by atoms with Gasteiger partial charge in [0.25, 0.3) is 0 Å². The second-order valence-electron chi connectivity index (χ2n) is 2.86. The predicted octanol–water partition coefficient (Wildman–Crippen LogP) is 2.87. The minimum atomic E-state index is 0.607. The molecule has 2 aliphatic carbocycles. The molecule has 0 amide bonds. The van der Waals surface area contributed by atoms with Crippen molar-refractivity contribution in [1.82, 2.24) is 0 Å². The Hall–Kier alpha value is -0.690. The molecule has 0 nitrogen and oxygen atoms in total. The summed E-state index contributed by atoms with van der Waals surface area (Å²) in [5.74, 6) is 0.607. The molecule has 1 atom stereocenters. The van der Waals surface area contributed by atoms with Gasteiger partial charge in [-0.05, 0) is 18.1 Å². The molecule has 0 N–H and O–H groups in total. The summed E-state index contributed by atoms with van der Waals surface area (Å²) in [5.41, 5.74) is 1.39. The Kier molecular flexibility index (Phi) is 1.74. The van der Waals surface area contributed by atoms with Crippen molar-refractivity contribution < 1.29 is 0 Å². The zero-order valence-corrected chi connectivity index (χ0v) is 7.09. The fourth-order valence-electron chi connectivity index (χ4n) is 1.45. The summed E-state index contributed by atoms with van der Waals surface area (Å²) in [6, 6.07) is 0. The van der Waals surface area contributed by atoms with Gasteiger partial charge in [0.1, 0.15) is 0 Å². The first-order valence-electron chi connectivity index (χ1n) is 3.82. The van der Waals surface area contributed by atoms with Gasteiger partial charge in [0, 0.05) is 10.8 Å². The van der Waals surface area contributed by atoms with Crippen molar-refractivity contribution in [2.45, 2.75) is 6.42 Å². The van der Waals surface area contributed by atoms with Gasteiger partial charge in [0.15, 0.2) is 0 Å². The Balaban J connectivity index is 2.33. The average Bonchev–Trinajstić information content (AvgIpc) is 2.04. The summed E-state index contributed by atoms with van der Waals surface area (Å²) in [7, 11) is 0. The number of thiol groups is 1. The maximum absolute atomic E-state index is 4.30. The average molecular weight is 162 g/mol. The standard InChI is InChI=1S/C10H10S/c11-10-6-5-8-3-1-2-4-9(8)7-10/h1-4,6-8,11H,5H2. The van der Waals surface area contributed by atoms with Gasteiger partial charge in [-0.15, -0.1) is 12.6 Å². The highest BCUT2D eigenvalue weighted by Gasteiger charge is 2.13. The van der Waals surface area contributed by atoms with E-state index in [1.165, 1.54) is 5.57 Å². The molecule has 0 fully saturated rings. The quantitative estimate of drug-likeness (QED) is 0.520. The SMILES string of the molecule is SC1=CCC2C=CC=CC2=C1. The second kappa shape index (κ2) is 2.74. The topological polar surface area (TPSA) is 0 Å². The maximum Gasteiger partial charge on any atom is 0.00565 e. The van der Waals surface area contributed by atoms with Gasteiger partial charge >= 0.3 is 0 Å².